The van der Waals surface area contributed by atoms with Gasteiger partial charge < -0.3 is 4.74 Å². The molecule has 4 atom stereocenters. The molecule has 4 rings (SSSR count). The van der Waals surface area contributed by atoms with Gasteiger partial charge in [0.05, 0.1) is 12.0 Å². The maximum atomic E-state index is 12.5. The Morgan fingerprint density at radius 3 is 3.00 bits per heavy atom. The summed E-state index contributed by atoms with van der Waals surface area (Å²) < 4.78 is 5.54. The SMILES string of the molecule is C=C1CC[C@]2(C)C[C@H]1[C@]13CCC[C@]21C(=O)OC3. The average molecular weight is 232 g/mol. The van der Waals surface area contributed by atoms with E-state index in [0.29, 0.717) is 12.5 Å². The first kappa shape index (κ1) is 10.2. The van der Waals surface area contributed by atoms with Gasteiger partial charge in [-0.25, -0.2) is 0 Å². The van der Waals surface area contributed by atoms with Crippen LogP contribution in [0.2, 0.25) is 0 Å². The molecule has 0 unspecified atom stereocenters. The second-order valence-electron chi connectivity index (χ2n) is 6.97. The van der Waals surface area contributed by atoms with Crippen LogP contribution in [0.1, 0.15) is 45.4 Å². The van der Waals surface area contributed by atoms with Crippen molar-refractivity contribution in [3.8, 4) is 0 Å². The topological polar surface area (TPSA) is 26.3 Å². The summed E-state index contributed by atoms with van der Waals surface area (Å²) in [5.41, 5.74) is 1.56. The van der Waals surface area contributed by atoms with Crippen LogP contribution in [0.15, 0.2) is 12.2 Å². The minimum absolute atomic E-state index is 0.120. The highest BCUT2D eigenvalue weighted by Crippen LogP contribution is 2.79. The van der Waals surface area contributed by atoms with Gasteiger partial charge in [-0.05, 0) is 43.4 Å². The van der Waals surface area contributed by atoms with E-state index in [1.807, 2.05) is 0 Å². The van der Waals surface area contributed by atoms with Crippen molar-refractivity contribution in [1.29, 1.82) is 0 Å². The van der Waals surface area contributed by atoms with E-state index in [1.165, 1.54) is 24.8 Å². The van der Waals surface area contributed by atoms with Crippen LogP contribution < -0.4 is 0 Å². The third-order valence-corrected chi connectivity index (χ3v) is 6.68. The van der Waals surface area contributed by atoms with Crippen LogP contribution in [0.4, 0.5) is 0 Å². The Balaban J connectivity index is 2.00. The lowest BCUT2D eigenvalue weighted by molar-refractivity contribution is -0.153. The Kier molecular flexibility index (Phi) is 1.57. The third kappa shape index (κ3) is 0.783. The zero-order valence-electron chi connectivity index (χ0n) is 10.6. The van der Waals surface area contributed by atoms with Crippen molar-refractivity contribution in [2.45, 2.75) is 45.4 Å². The first-order valence-electron chi connectivity index (χ1n) is 6.91. The molecule has 4 fully saturated rings. The van der Waals surface area contributed by atoms with E-state index in [1.54, 1.807) is 0 Å². The molecule has 0 aromatic carbocycles. The zero-order chi connectivity index (χ0) is 11.9. The molecule has 1 saturated heterocycles. The van der Waals surface area contributed by atoms with E-state index in [2.05, 4.69) is 13.5 Å². The van der Waals surface area contributed by atoms with Gasteiger partial charge in [-0.1, -0.05) is 25.5 Å². The summed E-state index contributed by atoms with van der Waals surface area (Å²) in [5.74, 6) is 0.671. The van der Waals surface area contributed by atoms with Crippen molar-refractivity contribution in [2.24, 2.45) is 22.2 Å². The third-order valence-electron chi connectivity index (χ3n) is 6.68. The molecule has 3 aliphatic carbocycles. The van der Waals surface area contributed by atoms with E-state index < -0.39 is 0 Å². The lowest BCUT2D eigenvalue weighted by Gasteiger charge is -2.41. The number of rotatable bonds is 0. The monoisotopic (exact) mass is 232 g/mol. The summed E-state index contributed by atoms with van der Waals surface area (Å²) in [6.45, 7) is 7.31. The quantitative estimate of drug-likeness (QED) is 0.474. The first-order valence-corrected chi connectivity index (χ1v) is 6.91. The molecule has 17 heavy (non-hydrogen) atoms. The summed E-state index contributed by atoms with van der Waals surface area (Å²) in [5, 5.41) is 0. The van der Waals surface area contributed by atoms with E-state index in [9.17, 15) is 4.79 Å². The fourth-order valence-electron chi connectivity index (χ4n) is 5.95. The highest BCUT2D eigenvalue weighted by Gasteiger charge is 2.79. The molecule has 0 radical (unpaired) electrons. The molecule has 1 heterocycles. The largest absolute Gasteiger partial charge is 0.465 e. The summed E-state index contributed by atoms with van der Waals surface area (Å²) in [7, 11) is 0. The number of ether oxygens (including phenoxy) is 1. The standard InChI is InChI=1S/C15H20O2/c1-10-4-7-13(2)8-11(10)14-5-3-6-15(13,14)12(16)17-9-14/h11H,1,3-9H2,2H3/t11-,13-,14-,15+/m1/s1. The predicted octanol–water partition coefficient (Wildman–Crippen LogP) is 3.08. The van der Waals surface area contributed by atoms with Crippen LogP contribution in [0.3, 0.4) is 0 Å². The normalized spacial score (nSPS) is 55.7. The summed E-state index contributed by atoms with van der Waals surface area (Å²) in [4.78, 5) is 12.5. The smallest absolute Gasteiger partial charge is 0.313 e. The van der Waals surface area contributed by atoms with E-state index in [-0.39, 0.29) is 22.2 Å². The molecule has 2 bridgehead atoms. The molecule has 0 spiro atoms. The fourth-order valence-corrected chi connectivity index (χ4v) is 5.95. The number of allylic oxidation sites excluding steroid dienone is 1. The Hall–Kier alpha value is -0.790. The van der Waals surface area contributed by atoms with Gasteiger partial charge in [0.1, 0.15) is 0 Å². The Bertz CT molecular complexity index is 440. The van der Waals surface area contributed by atoms with Crippen molar-refractivity contribution in [1.82, 2.24) is 0 Å². The van der Waals surface area contributed by atoms with Crippen molar-refractivity contribution in [2.75, 3.05) is 6.61 Å². The highest BCUT2D eigenvalue weighted by molar-refractivity contribution is 5.83. The number of carbonyl (C=O) groups excluding carboxylic acids is 1. The molecule has 0 aromatic heterocycles. The number of hydrogen-bond acceptors (Lipinski definition) is 2. The van der Waals surface area contributed by atoms with Crippen LogP contribution in [0.5, 0.6) is 0 Å². The molecule has 0 amide bonds. The van der Waals surface area contributed by atoms with E-state index >= 15 is 0 Å². The van der Waals surface area contributed by atoms with Crippen LogP contribution in [0, 0.1) is 22.2 Å². The van der Waals surface area contributed by atoms with Crippen LogP contribution in [-0.2, 0) is 9.53 Å². The minimum Gasteiger partial charge on any atom is -0.465 e. The van der Waals surface area contributed by atoms with Crippen LogP contribution >= 0.6 is 0 Å². The highest BCUT2D eigenvalue weighted by atomic mass is 16.5. The molecular formula is C15H20O2. The molecule has 1 aliphatic heterocycles. The predicted molar refractivity (Wildman–Crippen MR) is 64.3 cm³/mol. The van der Waals surface area contributed by atoms with Gasteiger partial charge in [0, 0.05) is 5.41 Å². The maximum absolute atomic E-state index is 12.5. The lowest BCUT2D eigenvalue weighted by Crippen LogP contribution is -2.44. The fraction of sp³-hybridized carbons (Fsp3) is 0.800. The van der Waals surface area contributed by atoms with E-state index in [0.717, 1.165) is 19.3 Å². The number of cyclic esters (lactones) is 1. The van der Waals surface area contributed by atoms with Gasteiger partial charge in [0.25, 0.3) is 0 Å². The van der Waals surface area contributed by atoms with Crippen LogP contribution in [-0.4, -0.2) is 12.6 Å². The van der Waals surface area contributed by atoms with Crippen molar-refractivity contribution in [3.63, 3.8) is 0 Å². The maximum Gasteiger partial charge on any atom is 0.313 e. The Morgan fingerprint density at radius 2 is 2.18 bits per heavy atom. The van der Waals surface area contributed by atoms with Gasteiger partial charge in [0.2, 0.25) is 0 Å². The molecule has 0 N–H and O–H groups in total. The molecular weight excluding hydrogens is 212 g/mol. The van der Waals surface area contributed by atoms with Gasteiger partial charge >= 0.3 is 5.97 Å². The number of hydrogen-bond donors (Lipinski definition) is 0. The lowest BCUT2D eigenvalue weighted by atomic mass is 9.59. The molecule has 2 heteroatoms. The van der Waals surface area contributed by atoms with Gasteiger partial charge in [0.15, 0.2) is 0 Å². The van der Waals surface area contributed by atoms with Gasteiger partial charge in [-0.15, -0.1) is 0 Å². The average Bonchev–Trinajstić information content (AvgIpc) is 2.85. The number of esters is 1. The minimum atomic E-state index is -0.149. The van der Waals surface area contributed by atoms with Gasteiger partial charge in [-0.3, -0.25) is 4.79 Å². The molecule has 3 saturated carbocycles. The second kappa shape index (κ2) is 2.62. The van der Waals surface area contributed by atoms with E-state index in [4.69, 9.17) is 4.74 Å². The van der Waals surface area contributed by atoms with Crippen molar-refractivity contribution >= 4 is 5.97 Å². The zero-order valence-corrected chi connectivity index (χ0v) is 10.6. The molecule has 2 nitrogen and oxygen atoms in total. The summed E-state index contributed by atoms with van der Waals surface area (Å²) in [6.07, 6.45) is 6.89. The molecule has 92 valence electrons. The summed E-state index contributed by atoms with van der Waals surface area (Å²) in [6, 6.07) is 0. The van der Waals surface area contributed by atoms with Crippen molar-refractivity contribution in [3.05, 3.63) is 12.2 Å². The molecule has 0 aromatic rings. The summed E-state index contributed by atoms with van der Waals surface area (Å²) >= 11 is 0. The van der Waals surface area contributed by atoms with Crippen molar-refractivity contribution < 1.29 is 9.53 Å². The molecule has 4 aliphatic rings. The number of carbonyl (C=O) groups is 1. The Morgan fingerprint density at radius 1 is 1.35 bits per heavy atom. The second-order valence-corrected chi connectivity index (χ2v) is 6.97. The van der Waals surface area contributed by atoms with Gasteiger partial charge in [-0.2, -0.15) is 0 Å². The first-order chi connectivity index (χ1) is 8.06. The number of fused-ring (bicyclic) bond motifs is 2. The Labute approximate surface area is 102 Å². The van der Waals surface area contributed by atoms with Crippen LogP contribution in [0.25, 0.3) is 0 Å².